The molecule has 4 atom stereocenters. The topological polar surface area (TPSA) is 234 Å². The van der Waals surface area contributed by atoms with E-state index in [1.54, 1.807) is 60.8 Å². The summed E-state index contributed by atoms with van der Waals surface area (Å²) < 4.78 is 0. The van der Waals surface area contributed by atoms with Gasteiger partial charge >= 0.3 is 6.03 Å². The molecule has 0 aliphatic rings. The van der Waals surface area contributed by atoms with Crippen LogP contribution in [0.25, 0.3) is 10.9 Å². The zero-order valence-corrected chi connectivity index (χ0v) is 34.3. The highest BCUT2D eigenvalue weighted by Crippen LogP contribution is 2.19. The average Bonchev–Trinajstić information content (AvgIpc) is 3.68. The van der Waals surface area contributed by atoms with Crippen molar-refractivity contribution in [2.45, 2.75) is 82.6 Å². The molecule has 1 aromatic heterocycles. The third kappa shape index (κ3) is 14.1. The van der Waals surface area contributed by atoms with Crippen LogP contribution in [0.1, 0.15) is 54.9 Å². The first-order valence-corrected chi connectivity index (χ1v) is 20.5. The average molecular weight is 830 g/mol. The maximum Gasteiger partial charge on any atom is 0.337 e. The molecule has 5 rings (SSSR count). The summed E-state index contributed by atoms with van der Waals surface area (Å²) in [6.45, 7) is 1.77. The van der Waals surface area contributed by atoms with Crippen LogP contribution in [0.4, 0.5) is 4.79 Å². The fraction of sp³-hybridized carbons (Fsp3) is 0.304. The zero-order valence-electron chi connectivity index (χ0n) is 34.3. The summed E-state index contributed by atoms with van der Waals surface area (Å²) in [5, 5.41) is 12.9. The maximum atomic E-state index is 14.1. The number of hydrazine groups is 1. The number of hydrogen-bond donors (Lipinski definition) is 8. The number of para-hydroxylation sites is 1. The van der Waals surface area contributed by atoms with Gasteiger partial charge < -0.3 is 37.7 Å². The number of nitrogens with two attached hydrogens (primary N) is 2. The Morgan fingerprint density at radius 2 is 1.23 bits per heavy atom. The highest BCUT2D eigenvalue weighted by atomic mass is 16.2. The number of primary amides is 1. The molecule has 0 bridgehead atoms. The molecule has 7 amide bonds. The molecule has 0 saturated carbocycles. The number of benzene rings is 4. The van der Waals surface area contributed by atoms with Crippen LogP contribution in [-0.4, -0.2) is 76.3 Å². The molecule has 15 heteroatoms. The molecular formula is C46H55N9O6. The largest absolute Gasteiger partial charge is 0.368 e. The molecule has 320 valence electrons. The lowest BCUT2D eigenvalue weighted by atomic mass is 10.0. The zero-order chi connectivity index (χ0) is 43.6. The van der Waals surface area contributed by atoms with Gasteiger partial charge in [-0.1, -0.05) is 109 Å². The monoisotopic (exact) mass is 829 g/mol. The Balaban J connectivity index is 1.32. The highest BCUT2D eigenvalue weighted by molar-refractivity contribution is 5.94. The lowest BCUT2D eigenvalue weighted by Gasteiger charge is -2.29. The van der Waals surface area contributed by atoms with E-state index in [2.05, 4.69) is 31.7 Å². The number of rotatable bonds is 21. The van der Waals surface area contributed by atoms with Crippen LogP contribution >= 0.6 is 0 Å². The van der Waals surface area contributed by atoms with Crippen molar-refractivity contribution < 1.29 is 28.8 Å². The summed E-state index contributed by atoms with van der Waals surface area (Å²) >= 11 is 0. The summed E-state index contributed by atoms with van der Waals surface area (Å²) in [6, 6.07) is 29.8. The van der Waals surface area contributed by atoms with E-state index in [-0.39, 0.29) is 38.1 Å². The smallest absolute Gasteiger partial charge is 0.337 e. The molecule has 0 aliphatic carbocycles. The van der Waals surface area contributed by atoms with E-state index in [0.717, 1.165) is 32.6 Å². The van der Waals surface area contributed by atoms with Crippen LogP contribution in [0.5, 0.6) is 0 Å². The van der Waals surface area contributed by atoms with Crippen molar-refractivity contribution >= 4 is 46.5 Å². The van der Waals surface area contributed by atoms with Gasteiger partial charge in [0.25, 0.3) is 5.91 Å². The van der Waals surface area contributed by atoms with Crippen molar-refractivity contribution in [3.63, 3.8) is 0 Å². The van der Waals surface area contributed by atoms with E-state index >= 15 is 0 Å². The van der Waals surface area contributed by atoms with Crippen molar-refractivity contribution in [2.24, 2.45) is 11.5 Å². The minimum Gasteiger partial charge on any atom is -0.368 e. The van der Waals surface area contributed by atoms with Crippen molar-refractivity contribution in [1.82, 2.24) is 36.7 Å². The number of aromatic amines is 1. The molecule has 61 heavy (non-hydrogen) atoms. The minimum absolute atomic E-state index is 0.0567. The lowest BCUT2D eigenvalue weighted by molar-refractivity contribution is -0.133. The van der Waals surface area contributed by atoms with Gasteiger partial charge in [-0.2, -0.15) is 0 Å². The van der Waals surface area contributed by atoms with Gasteiger partial charge in [-0.25, -0.2) is 9.80 Å². The molecule has 0 radical (unpaired) electrons. The van der Waals surface area contributed by atoms with Gasteiger partial charge in [0.2, 0.25) is 23.6 Å². The van der Waals surface area contributed by atoms with Crippen LogP contribution in [0, 0.1) is 0 Å². The van der Waals surface area contributed by atoms with Crippen LogP contribution in [0.15, 0.2) is 121 Å². The fourth-order valence-corrected chi connectivity index (χ4v) is 6.77. The Morgan fingerprint density at radius 1 is 0.639 bits per heavy atom. The predicted octanol–water partition coefficient (Wildman–Crippen LogP) is 3.29. The number of carbonyl (C=O) groups excluding carboxylic acids is 6. The van der Waals surface area contributed by atoms with Crippen LogP contribution in [0.3, 0.4) is 0 Å². The fourth-order valence-electron chi connectivity index (χ4n) is 6.77. The quantitative estimate of drug-likeness (QED) is 0.0406. The summed E-state index contributed by atoms with van der Waals surface area (Å²) in [7, 11) is 0. The molecule has 4 aromatic carbocycles. The molecule has 10 N–H and O–H groups in total. The Morgan fingerprint density at radius 3 is 1.89 bits per heavy atom. The van der Waals surface area contributed by atoms with Gasteiger partial charge in [-0.05, 0) is 67.5 Å². The number of hydrogen-bond acceptors (Lipinski definition) is 7. The summed E-state index contributed by atoms with van der Waals surface area (Å²) in [5.74, 6) is -3.04. The maximum absolute atomic E-state index is 14.1. The second-order valence-corrected chi connectivity index (χ2v) is 14.9. The highest BCUT2D eigenvalue weighted by Gasteiger charge is 2.30. The van der Waals surface area contributed by atoms with Crippen molar-refractivity contribution in [3.05, 3.63) is 144 Å². The summed E-state index contributed by atoms with van der Waals surface area (Å²) in [6.07, 6.45) is 4.05. The minimum atomic E-state index is -1.19. The number of nitrogens with zero attached hydrogens (tertiary/aromatic N) is 1. The molecule has 0 unspecified atom stereocenters. The predicted molar refractivity (Wildman–Crippen MR) is 233 cm³/mol. The molecule has 1 heterocycles. The van der Waals surface area contributed by atoms with Gasteiger partial charge in [-0.3, -0.25) is 29.4 Å². The molecule has 5 aromatic rings. The molecule has 0 spiro atoms. The van der Waals surface area contributed by atoms with E-state index < -0.39 is 53.8 Å². The molecule has 0 saturated heterocycles. The van der Waals surface area contributed by atoms with Crippen LogP contribution < -0.4 is 38.2 Å². The van der Waals surface area contributed by atoms with E-state index in [4.69, 9.17) is 11.5 Å². The van der Waals surface area contributed by atoms with E-state index in [9.17, 15) is 28.8 Å². The Labute approximate surface area is 355 Å². The first kappa shape index (κ1) is 45.1. The second-order valence-electron chi connectivity index (χ2n) is 14.9. The number of aromatic nitrogens is 1. The van der Waals surface area contributed by atoms with Gasteiger partial charge in [0.1, 0.15) is 24.2 Å². The summed E-state index contributed by atoms with van der Waals surface area (Å²) in [5.41, 5.74) is 17.9. The van der Waals surface area contributed by atoms with Gasteiger partial charge in [0.15, 0.2) is 0 Å². The molecule has 0 fully saturated rings. The number of aryl methyl sites for hydroxylation is 1. The molecule has 0 aliphatic heterocycles. The molecular weight excluding hydrogens is 775 g/mol. The number of unbranched alkanes of at least 4 members (excludes halogenated alkanes) is 1. The second kappa shape index (κ2) is 23.0. The summed E-state index contributed by atoms with van der Waals surface area (Å²) in [4.78, 5) is 84.4. The third-order valence-corrected chi connectivity index (χ3v) is 10.2. The van der Waals surface area contributed by atoms with Crippen molar-refractivity contribution in [1.29, 1.82) is 0 Å². The van der Waals surface area contributed by atoms with Gasteiger partial charge in [0, 0.05) is 36.4 Å². The molecule has 15 nitrogen and oxygen atoms in total. The normalized spacial score (nSPS) is 12.9. The van der Waals surface area contributed by atoms with Crippen LogP contribution in [0.2, 0.25) is 0 Å². The Bertz CT molecular complexity index is 2220. The number of nitrogens with one attached hydrogen (secondary N) is 6. The third-order valence-electron chi connectivity index (χ3n) is 10.2. The number of amides is 7. The Kier molecular flexibility index (Phi) is 17.0. The van der Waals surface area contributed by atoms with Crippen LogP contribution in [-0.2, 0) is 49.8 Å². The van der Waals surface area contributed by atoms with E-state index in [0.29, 0.717) is 31.4 Å². The van der Waals surface area contributed by atoms with Gasteiger partial charge in [-0.15, -0.1) is 0 Å². The first-order chi connectivity index (χ1) is 29.5. The van der Waals surface area contributed by atoms with Crippen molar-refractivity contribution in [3.8, 4) is 0 Å². The van der Waals surface area contributed by atoms with E-state index in [1.807, 2.05) is 60.7 Å². The van der Waals surface area contributed by atoms with E-state index in [1.165, 1.54) is 6.92 Å². The number of H-pyrrole nitrogens is 1. The number of urea groups is 1. The number of carbonyl (C=O) groups is 6. The van der Waals surface area contributed by atoms with Crippen molar-refractivity contribution in [2.75, 3.05) is 6.54 Å². The lowest BCUT2D eigenvalue weighted by Crippen LogP contribution is -2.60. The standard InChI is InChI=1S/C46H55N9O6/c1-31(50-44(59)40(28-35-29-49-37-22-12-11-21-36(35)37)51-41(56)25-24-32-15-5-2-6-16-32)43(58)54-55(30-34-19-9-4-10-20-34)46(61)53-39(27-33-17-7-3-8-18-33)45(60)52-38(42(48)57)23-13-14-26-47/h2-12,15-22,29,31,38-40,49H,13-14,23-28,30,47H2,1H3,(H2,48,57)(H,50,59)(H,51,56)(H,52,60)(H,53,61)(H,54,58)/t31-,38-,39-,40-/m0/s1. The number of fused-ring (bicyclic) bond motifs is 1. The SMILES string of the molecule is C[C@H](NC(=O)[C@H](Cc1c[nH]c2ccccc12)NC(=O)CCc1ccccc1)C(=O)NN(Cc1ccccc1)C(=O)N[C@@H](Cc1ccccc1)C(=O)N[C@@H](CCCCN)C(N)=O. The van der Waals surface area contributed by atoms with Gasteiger partial charge in [0.05, 0.1) is 6.54 Å². The first-order valence-electron chi connectivity index (χ1n) is 20.5. The Hall–Kier alpha value is -7.00.